The monoisotopic (exact) mass is 273 g/mol. The average Bonchev–Trinajstić information content (AvgIpc) is 2.45. The number of carbonyl (C=O) groups excluding carboxylic acids is 1. The molecular weight excluding hydrogens is 250 g/mol. The van der Waals surface area contributed by atoms with Gasteiger partial charge in [0.25, 0.3) is 0 Å². The topological polar surface area (TPSA) is 44.4 Å². The summed E-state index contributed by atoms with van der Waals surface area (Å²) in [4.78, 5) is 13.8. The van der Waals surface area contributed by atoms with Crippen molar-refractivity contribution >= 4 is 17.3 Å². The second-order valence-electron chi connectivity index (χ2n) is 6.07. The largest absolute Gasteiger partial charge is 0.385 e. The van der Waals surface area contributed by atoms with E-state index in [4.69, 9.17) is 0 Å². The molecule has 0 aliphatic carbocycles. The van der Waals surface area contributed by atoms with Crippen LogP contribution in [0.15, 0.2) is 18.2 Å². The average molecular weight is 273 g/mol. The second-order valence-corrected chi connectivity index (χ2v) is 6.07. The highest BCUT2D eigenvalue weighted by Gasteiger charge is 2.18. The summed E-state index contributed by atoms with van der Waals surface area (Å²) in [6.07, 6.45) is 4.07. The van der Waals surface area contributed by atoms with Crippen molar-refractivity contribution in [3.8, 4) is 0 Å². The van der Waals surface area contributed by atoms with Crippen LogP contribution in [0.3, 0.4) is 0 Å². The van der Waals surface area contributed by atoms with Gasteiger partial charge in [-0.15, -0.1) is 0 Å². The van der Waals surface area contributed by atoms with E-state index in [1.54, 1.807) is 0 Å². The predicted octanol–water partition coefficient (Wildman–Crippen LogP) is 2.33. The molecule has 1 saturated heterocycles. The van der Waals surface area contributed by atoms with Crippen LogP contribution < -0.4 is 10.6 Å². The normalized spacial score (nSPS) is 23.1. The SMILES string of the molecule is CN1CCCC(CNc2ccc3c(c2)CCC(=O)N3)C1. The summed E-state index contributed by atoms with van der Waals surface area (Å²) in [6.45, 7) is 3.46. The number of anilines is 2. The van der Waals surface area contributed by atoms with Gasteiger partial charge in [0.05, 0.1) is 0 Å². The van der Waals surface area contributed by atoms with Crippen molar-refractivity contribution in [2.45, 2.75) is 25.7 Å². The maximum absolute atomic E-state index is 11.3. The minimum Gasteiger partial charge on any atom is -0.385 e. The van der Waals surface area contributed by atoms with E-state index < -0.39 is 0 Å². The van der Waals surface area contributed by atoms with Crippen molar-refractivity contribution in [1.29, 1.82) is 0 Å². The summed E-state index contributed by atoms with van der Waals surface area (Å²) >= 11 is 0. The van der Waals surface area contributed by atoms with E-state index in [0.717, 1.165) is 24.6 Å². The number of likely N-dealkylation sites (tertiary alicyclic amines) is 1. The summed E-state index contributed by atoms with van der Waals surface area (Å²) < 4.78 is 0. The van der Waals surface area contributed by atoms with Crippen LogP contribution in [0.4, 0.5) is 11.4 Å². The Balaban J connectivity index is 1.59. The van der Waals surface area contributed by atoms with Crippen LogP contribution in [0.2, 0.25) is 0 Å². The Labute approximate surface area is 120 Å². The van der Waals surface area contributed by atoms with Gasteiger partial charge in [0, 0.05) is 30.9 Å². The third kappa shape index (κ3) is 3.12. The molecular formula is C16H23N3O. The van der Waals surface area contributed by atoms with Gasteiger partial charge in [0.1, 0.15) is 0 Å². The van der Waals surface area contributed by atoms with Crippen LogP contribution in [0, 0.1) is 5.92 Å². The molecule has 1 atom stereocenters. The van der Waals surface area contributed by atoms with Crippen LogP contribution in [0.5, 0.6) is 0 Å². The van der Waals surface area contributed by atoms with Crippen molar-refractivity contribution < 1.29 is 4.79 Å². The first kappa shape index (κ1) is 13.4. The summed E-state index contributed by atoms with van der Waals surface area (Å²) in [5.74, 6) is 0.868. The lowest BCUT2D eigenvalue weighted by molar-refractivity contribution is -0.116. The van der Waals surface area contributed by atoms with E-state index in [0.29, 0.717) is 6.42 Å². The van der Waals surface area contributed by atoms with Crippen molar-refractivity contribution in [2.24, 2.45) is 5.92 Å². The van der Waals surface area contributed by atoms with Crippen LogP contribution >= 0.6 is 0 Å². The van der Waals surface area contributed by atoms with Gasteiger partial charge in [0.2, 0.25) is 5.91 Å². The van der Waals surface area contributed by atoms with E-state index in [-0.39, 0.29) is 5.91 Å². The molecule has 20 heavy (non-hydrogen) atoms. The fourth-order valence-corrected chi connectivity index (χ4v) is 3.20. The lowest BCUT2D eigenvalue weighted by Gasteiger charge is -2.30. The first-order valence-corrected chi connectivity index (χ1v) is 7.56. The number of nitrogens with zero attached hydrogens (tertiary/aromatic N) is 1. The second kappa shape index (κ2) is 5.83. The number of rotatable bonds is 3. The lowest BCUT2D eigenvalue weighted by Crippen LogP contribution is -2.35. The zero-order valence-corrected chi connectivity index (χ0v) is 12.1. The Hall–Kier alpha value is -1.55. The standard InChI is InChI=1S/C16H23N3O/c1-19-8-2-3-12(11-19)10-17-14-5-6-15-13(9-14)4-7-16(20)18-15/h5-6,9,12,17H,2-4,7-8,10-11H2,1H3,(H,18,20). The summed E-state index contributed by atoms with van der Waals surface area (Å²) in [7, 11) is 2.20. The van der Waals surface area contributed by atoms with Crippen molar-refractivity contribution in [3.63, 3.8) is 0 Å². The molecule has 1 aromatic rings. The molecule has 1 amide bonds. The number of carbonyl (C=O) groups is 1. The number of hydrogen-bond acceptors (Lipinski definition) is 3. The van der Waals surface area contributed by atoms with Crippen molar-refractivity contribution in [2.75, 3.05) is 37.3 Å². The molecule has 2 N–H and O–H groups in total. The van der Waals surface area contributed by atoms with E-state index in [9.17, 15) is 4.79 Å². The molecule has 3 rings (SSSR count). The smallest absolute Gasteiger partial charge is 0.224 e. The Morgan fingerprint density at radius 2 is 2.30 bits per heavy atom. The summed E-state index contributed by atoms with van der Waals surface area (Å²) in [6, 6.07) is 6.26. The number of nitrogens with one attached hydrogen (secondary N) is 2. The molecule has 1 aromatic carbocycles. The van der Waals surface area contributed by atoms with Crippen LogP contribution in [0.25, 0.3) is 0 Å². The van der Waals surface area contributed by atoms with Gasteiger partial charge in [0.15, 0.2) is 0 Å². The zero-order chi connectivity index (χ0) is 13.9. The number of amides is 1. The summed E-state index contributed by atoms with van der Waals surface area (Å²) in [5.41, 5.74) is 3.40. The van der Waals surface area contributed by atoms with Gasteiger partial charge >= 0.3 is 0 Å². The Morgan fingerprint density at radius 1 is 1.40 bits per heavy atom. The zero-order valence-electron chi connectivity index (χ0n) is 12.1. The molecule has 0 bridgehead atoms. The molecule has 2 aliphatic rings. The third-order valence-corrected chi connectivity index (χ3v) is 4.32. The van der Waals surface area contributed by atoms with Crippen molar-refractivity contribution in [3.05, 3.63) is 23.8 Å². The van der Waals surface area contributed by atoms with Crippen molar-refractivity contribution in [1.82, 2.24) is 4.90 Å². The van der Waals surface area contributed by atoms with Gasteiger partial charge in [-0.2, -0.15) is 0 Å². The van der Waals surface area contributed by atoms with E-state index in [2.05, 4.69) is 34.7 Å². The highest BCUT2D eigenvalue weighted by atomic mass is 16.1. The Bertz CT molecular complexity index is 500. The van der Waals surface area contributed by atoms with E-state index in [1.165, 1.54) is 37.2 Å². The van der Waals surface area contributed by atoms with Crippen LogP contribution in [0.1, 0.15) is 24.8 Å². The molecule has 4 heteroatoms. The molecule has 2 heterocycles. The van der Waals surface area contributed by atoms with Gasteiger partial charge in [-0.3, -0.25) is 4.79 Å². The minimum absolute atomic E-state index is 0.128. The fourth-order valence-electron chi connectivity index (χ4n) is 3.20. The molecule has 1 fully saturated rings. The van der Waals surface area contributed by atoms with Gasteiger partial charge in [-0.25, -0.2) is 0 Å². The maximum atomic E-state index is 11.3. The first-order valence-electron chi connectivity index (χ1n) is 7.56. The molecule has 0 spiro atoms. The number of fused-ring (bicyclic) bond motifs is 1. The minimum atomic E-state index is 0.128. The van der Waals surface area contributed by atoms with Crippen LogP contribution in [-0.2, 0) is 11.2 Å². The summed E-state index contributed by atoms with van der Waals surface area (Å²) in [5, 5.41) is 6.48. The molecule has 0 radical (unpaired) electrons. The van der Waals surface area contributed by atoms with Gasteiger partial charge < -0.3 is 15.5 Å². The van der Waals surface area contributed by atoms with Crippen LogP contribution in [-0.4, -0.2) is 37.5 Å². The van der Waals surface area contributed by atoms with Gasteiger partial charge in [-0.05, 0) is 62.5 Å². The lowest BCUT2D eigenvalue weighted by atomic mass is 9.98. The molecule has 1 unspecified atom stereocenters. The number of piperidine rings is 1. The molecule has 0 aromatic heterocycles. The highest BCUT2D eigenvalue weighted by Crippen LogP contribution is 2.26. The maximum Gasteiger partial charge on any atom is 0.224 e. The third-order valence-electron chi connectivity index (χ3n) is 4.32. The Morgan fingerprint density at radius 3 is 3.15 bits per heavy atom. The fraction of sp³-hybridized carbons (Fsp3) is 0.562. The molecule has 2 aliphatic heterocycles. The van der Waals surface area contributed by atoms with Gasteiger partial charge in [-0.1, -0.05) is 0 Å². The quantitative estimate of drug-likeness (QED) is 0.888. The molecule has 0 saturated carbocycles. The number of aryl methyl sites for hydroxylation is 1. The number of hydrogen-bond donors (Lipinski definition) is 2. The first-order chi connectivity index (χ1) is 9.70. The highest BCUT2D eigenvalue weighted by molar-refractivity contribution is 5.94. The molecule has 4 nitrogen and oxygen atoms in total. The predicted molar refractivity (Wildman–Crippen MR) is 82.1 cm³/mol. The van der Waals surface area contributed by atoms with E-state index in [1.807, 2.05) is 6.07 Å². The Kier molecular flexibility index (Phi) is 3.92. The number of benzene rings is 1. The van der Waals surface area contributed by atoms with E-state index >= 15 is 0 Å². The molecule has 108 valence electrons.